The second-order valence-electron chi connectivity index (χ2n) is 4.73. The minimum Gasteiger partial charge on any atom is -0.809 e. The molecule has 0 fully saturated rings. The number of hydrogen-bond donors (Lipinski definition) is 0. The molecule has 0 aliphatic carbocycles. The first-order valence-electron chi connectivity index (χ1n) is 5.61. The molecule has 0 rings (SSSR count). The summed E-state index contributed by atoms with van der Waals surface area (Å²) in [5.74, 6) is 0. The van der Waals surface area contributed by atoms with Crippen molar-refractivity contribution in [2.75, 3.05) is 0 Å². The maximum atomic E-state index is 11.0. The Morgan fingerprint density at radius 1 is 0.316 bits per heavy atom. The van der Waals surface area contributed by atoms with Crippen LogP contribution < -0.4 is 325 Å². The van der Waals surface area contributed by atoms with Crippen LogP contribution in [0, 0.1) is 0 Å². The topological polar surface area (TPSA) is 382 Å². The van der Waals surface area contributed by atoms with Crippen molar-refractivity contribution in [1.82, 2.24) is 4.90 Å². The van der Waals surface area contributed by atoms with Gasteiger partial charge in [0.1, 0.15) is 0 Å². The summed E-state index contributed by atoms with van der Waals surface area (Å²) in [6.45, 7) is 0. The fraction of sp³-hybridized carbons (Fsp3) is 1.00. The third-order valence-corrected chi connectivity index (χ3v) is 12.6. The van der Waals surface area contributed by atoms with E-state index in [1.165, 1.54) is 0 Å². The molecule has 0 aromatic rings. The molecule has 0 saturated carbocycles. The Labute approximate surface area is 426 Å². The van der Waals surface area contributed by atoms with Gasteiger partial charge < -0.3 is 86.1 Å². The molecule has 0 aromatic carbocycles. The van der Waals surface area contributed by atoms with Crippen molar-refractivity contribution in [2.45, 2.75) is 16.6 Å². The van der Waals surface area contributed by atoms with E-state index in [9.17, 15) is 86.1 Å². The van der Waals surface area contributed by atoms with Gasteiger partial charge >= 0.3 is 283 Å². The van der Waals surface area contributed by atoms with Crippen LogP contribution >= 0.6 is 45.6 Å². The number of hydrogen-bond acceptors (Lipinski definition) is 19. The van der Waals surface area contributed by atoms with Gasteiger partial charge in [-0.25, -0.2) is 0 Å². The van der Waals surface area contributed by atoms with E-state index < -0.39 is 67.0 Å². The van der Waals surface area contributed by atoms with Crippen molar-refractivity contribution in [1.29, 1.82) is 0 Å². The van der Waals surface area contributed by atoms with Crippen LogP contribution in [-0.4, -0.2) is 21.5 Å². The van der Waals surface area contributed by atoms with Gasteiger partial charge in [-0.1, -0.05) is 0 Å². The van der Waals surface area contributed by atoms with E-state index in [4.69, 9.17) is 0 Å². The average Bonchev–Trinajstić information content (AvgIpc) is 2.13. The van der Waals surface area contributed by atoms with Crippen LogP contribution in [-0.2, 0) is 44.5 Å². The number of rotatable bonds is 9. The molecular formula is C3H3FeNNa9O18P6. The molecule has 0 bridgehead atoms. The largest absolute Gasteiger partial charge is 3.00 e. The van der Waals surface area contributed by atoms with Crippen LogP contribution in [0.5, 0.6) is 0 Å². The van der Waals surface area contributed by atoms with E-state index >= 15 is 0 Å². The Morgan fingerprint density at radius 3 is 0.447 bits per heavy atom. The van der Waals surface area contributed by atoms with Crippen LogP contribution in [0.15, 0.2) is 0 Å². The molecule has 0 aliphatic heterocycles. The minimum absolute atomic E-state index is 0. The third kappa shape index (κ3) is 28.0. The predicted molar refractivity (Wildman–Crippen MR) is 58.8 cm³/mol. The first-order chi connectivity index (χ1) is 11.7. The maximum Gasteiger partial charge on any atom is 3.00 e. The summed E-state index contributed by atoms with van der Waals surface area (Å²) in [5, 5.41) is 0. The molecule has 35 heteroatoms. The Bertz CT molecular complexity index is 712. The standard InChI is InChI=1S/C3H15NO18P6.Fe.9Na/c5-23(6,7)1(24(8,9)10)4(2(25(11,12)13)26(14,15)16)3(27(17,18)19)28(20,21)22;;;;;;;;;;/h1-3H,(H2,5,6,7)(H2,8,9,10)(H2,11,12,13)(H2,14,15,16)(H2,17,18,19)(H2,20,21,22);;;;;;;;;;/q;+3;9*+1/p-12. The van der Waals surface area contributed by atoms with Crippen LogP contribution in [0.4, 0.5) is 0 Å². The molecule has 1 radical (unpaired) electrons. The molecule has 0 N–H and O–H groups in total. The molecule has 0 saturated heterocycles. The second kappa shape index (κ2) is 29.9. The van der Waals surface area contributed by atoms with Crippen molar-refractivity contribution in [3.05, 3.63) is 0 Å². The zero-order valence-corrected chi connectivity index (χ0v) is 46.0. The molecule has 0 amide bonds. The molecule has 0 heterocycles. The molecule has 0 atom stereocenters. The Balaban J connectivity index is -0.0000000810. The molecule has 19 nitrogen and oxygen atoms in total. The van der Waals surface area contributed by atoms with E-state index in [-0.39, 0.29) is 283 Å². The van der Waals surface area contributed by atoms with Crippen molar-refractivity contribution in [2.24, 2.45) is 0 Å². The summed E-state index contributed by atoms with van der Waals surface area (Å²) in [7, 11) is -44.4. The van der Waals surface area contributed by atoms with Crippen LogP contribution in [0.3, 0.4) is 0 Å². The molecule has 0 spiro atoms. The molecule has 0 unspecified atom stereocenters. The molecule has 0 aromatic heterocycles. The summed E-state index contributed by atoms with van der Waals surface area (Å²) < 4.78 is 66.1. The quantitative estimate of drug-likeness (QED) is 0.154. The smallest absolute Gasteiger partial charge is 0.809 e. The first kappa shape index (κ1) is 77.7. The third-order valence-electron chi connectivity index (χ3n) is 2.50. The van der Waals surface area contributed by atoms with Crippen molar-refractivity contribution in [3.63, 3.8) is 0 Å². The van der Waals surface area contributed by atoms with E-state index in [2.05, 4.69) is 0 Å². The molecule has 0 aliphatic rings. The minimum atomic E-state index is -7.40. The van der Waals surface area contributed by atoms with Gasteiger partial charge in [0, 0.05) is 0 Å². The zero-order valence-electron chi connectivity index (χ0n) is 21.6. The normalized spacial score (nSPS) is 11.7. The van der Waals surface area contributed by atoms with Crippen LogP contribution in [0.1, 0.15) is 0 Å². The van der Waals surface area contributed by atoms with Crippen molar-refractivity contribution in [3.8, 4) is 0 Å². The summed E-state index contributed by atoms with van der Waals surface area (Å²) in [6.07, 6.45) is 0. The van der Waals surface area contributed by atoms with Crippen molar-refractivity contribution < 1.29 is 369 Å². The Kier molecular flexibility index (Phi) is 61.2. The molecule has 38 heavy (non-hydrogen) atoms. The average molecular weight is 790 g/mol. The van der Waals surface area contributed by atoms with Crippen LogP contribution in [0.25, 0.3) is 0 Å². The monoisotopic (exact) mass is 790 g/mol. The van der Waals surface area contributed by atoms with Gasteiger partial charge in [0.25, 0.3) is 0 Å². The van der Waals surface area contributed by atoms with Gasteiger partial charge in [0.2, 0.25) is 0 Å². The summed E-state index contributed by atoms with van der Waals surface area (Å²) >= 11 is 0. The van der Waals surface area contributed by atoms with Gasteiger partial charge in [0.05, 0.1) is 16.6 Å². The predicted octanol–water partition coefficient (Wildman–Crippen LogP) is -37.3. The van der Waals surface area contributed by atoms with Gasteiger partial charge in [-0.05, 0) is 45.6 Å². The molecular weight excluding hydrogens is 787 g/mol. The summed E-state index contributed by atoms with van der Waals surface area (Å²) in [6, 6.07) is 0. The van der Waals surface area contributed by atoms with Crippen molar-refractivity contribution >= 4 is 45.6 Å². The fourth-order valence-corrected chi connectivity index (χ4v) is 10.8. The van der Waals surface area contributed by atoms with E-state index in [0.29, 0.717) is 0 Å². The SMILES string of the molecule is O=P([O-])([O-])C(N(C(P(=O)([O-])[O-])P(=O)([O-])[O-])C(P(=O)([O-])[O-])P(=O)([O-])[O-])P(=O)([O-])[O-].[Fe+3].[Na+].[Na+].[Na+].[Na+].[Na+].[Na+].[Na+].[Na+].[Na+]. The molecule has 175 valence electrons. The van der Waals surface area contributed by atoms with Gasteiger partial charge in [-0.15, -0.1) is 0 Å². The zero-order chi connectivity index (χ0) is 23.3. The maximum absolute atomic E-state index is 11.0. The Morgan fingerprint density at radius 2 is 0.395 bits per heavy atom. The van der Waals surface area contributed by atoms with Crippen LogP contribution in [0.2, 0.25) is 0 Å². The van der Waals surface area contributed by atoms with Gasteiger partial charge in [-0.3, -0.25) is 4.90 Å². The fourth-order valence-electron chi connectivity index (χ4n) is 1.86. The second-order valence-corrected chi connectivity index (χ2v) is 15.4. The summed E-state index contributed by atoms with van der Waals surface area (Å²) in [4.78, 5) is 130. The first-order valence-corrected chi connectivity index (χ1v) is 15.3. The van der Waals surface area contributed by atoms with E-state index in [1.54, 1.807) is 0 Å². The number of nitrogens with zero attached hydrogens (tertiary/aromatic N) is 1. The summed E-state index contributed by atoms with van der Waals surface area (Å²) in [5.41, 5.74) is -14.8. The van der Waals surface area contributed by atoms with Gasteiger partial charge in [0.15, 0.2) is 0 Å². The van der Waals surface area contributed by atoms with E-state index in [0.717, 1.165) is 0 Å². The van der Waals surface area contributed by atoms with Gasteiger partial charge in [-0.2, -0.15) is 0 Å². The van der Waals surface area contributed by atoms with E-state index in [1.807, 2.05) is 0 Å². The Hall–Kier alpha value is 10.4.